The molecule has 114 valence electrons. The number of carbonyl (C=O) groups excluding carboxylic acids is 1. The Bertz CT molecular complexity index is 402. The van der Waals surface area contributed by atoms with Crippen LogP contribution in [0.15, 0.2) is 0 Å². The third-order valence-corrected chi connectivity index (χ3v) is 5.28. The lowest BCUT2D eigenvalue weighted by Gasteiger charge is -2.45. The van der Waals surface area contributed by atoms with Crippen LogP contribution in [0, 0.1) is 0 Å². The highest BCUT2D eigenvalue weighted by atomic mass is 32.2. The molecule has 0 radical (unpaired) electrons. The van der Waals surface area contributed by atoms with Crippen molar-refractivity contribution >= 4 is 23.8 Å². The number of hydrogen-bond donors (Lipinski definition) is 1. The van der Waals surface area contributed by atoms with Crippen molar-refractivity contribution in [1.29, 1.82) is 0 Å². The van der Waals surface area contributed by atoms with E-state index in [1.54, 1.807) is 21.6 Å². The van der Waals surface area contributed by atoms with E-state index in [2.05, 4.69) is 0 Å². The molecule has 1 N–H and O–H groups in total. The second-order valence-corrected chi connectivity index (χ2v) is 6.97. The normalized spacial score (nSPS) is 29.6. The summed E-state index contributed by atoms with van der Waals surface area (Å²) in [7, 11) is 0. The molecule has 0 aliphatic carbocycles. The van der Waals surface area contributed by atoms with Crippen molar-refractivity contribution in [1.82, 2.24) is 9.80 Å². The van der Waals surface area contributed by atoms with Crippen molar-refractivity contribution in [2.75, 3.05) is 25.5 Å². The summed E-state index contributed by atoms with van der Waals surface area (Å²) in [5, 5.41) is 9.27. The van der Waals surface area contributed by atoms with Gasteiger partial charge in [-0.1, -0.05) is 6.92 Å². The molecule has 2 atom stereocenters. The topological polar surface area (TPSA) is 70.1 Å². The lowest BCUT2D eigenvalue weighted by molar-refractivity contribution is -0.141. The Morgan fingerprint density at radius 1 is 1.45 bits per heavy atom. The number of rotatable bonds is 2. The average molecular weight is 302 g/mol. The van der Waals surface area contributed by atoms with Crippen LogP contribution in [-0.4, -0.2) is 69.4 Å². The van der Waals surface area contributed by atoms with Gasteiger partial charge in [0, 0.05) is 12.3 Å². The summed E-state index contributed by atoms with van der Waals surface area (Å²) in [6.07, 6.45) is 0.755. The van der Waals surface area contributed by atoms with Gasteiger partial charge in [0.1, 0.15) is 6.04 Å². The molecule has 7 heteroatoms. The summed E-state index contributed by atoms with van der Waals surface area (Å²) >= 11 is 1.55. The number of ether oxygens (including phenoxy) is 1. The molecular formula is C13H22N2O4S. The average Bonchev–Trinajstić information content (AvgIpc) is 2.81. The Morgan fingerprint density at radius 2 is 2.15 bits per heavy atom. The van der Waals surface area contributed by atoms with Crippen LogP contribution in [0.2, 0.25) is 0 Å². The molecule has 2 rings (SSSR count). The van der Waals surface area contributed by atoms with Crippen molar-refractivity contribution < 1.29 is 19.4 Å². The summed E-state index contributed by atoms with van der Waals surface area (Å²) < 4.78 is 5.42. The SMILES string of the molecule is CCC1SCC(C(=O)O)N1C(=O)N1CCOCC1(C)C. The molecule has 2 unspecified atom stereocenters. The van der Waals surface area contributed by atoms with Crippen LogP contribution in [0.5, 0.6) is 0 Å². The number of carboxylic acid groups (broad SMARTS) is 1. The molecule has 0 aromatic heterocycles. The first-order valence-electron chi connectivity index (χ1n) is 6.90. The highest BCUT2D eigenvalue weighted by Crippen LogP contribution is 2.34. The fourth-order valence-corrected chi connectivity index (χ4v) is 4.02. The van der Waals surface area contributed by atoms with E-state index in [1.165, 1.54) is 0 Å². The first-order valence-corrected chi connectivity index (χ1v) is 7.95. The fraction of sp³-hybridized carbons (Fsp3) is 0.846. The molecule has 0 aromatic rings. The van der Waals surface area contributed by atoms with E-state index >= 15 is 0 Å². The molecule has 0 aromatic carbocycles. The number of aliphatic carboxylic acids is 1. The van der Waals surface area contributed by atoms with Gasteiger partial charge in [-0.15, -0.1) is 11.8 Å². The van der Waals surface area contributed by atoms with E-state index in [4.69, 9.17) is 4.74 Å². The first kappa shape index (κ1) is 15.4. The molecule has 0 saturated carbocycles. The Kier molecular flexibility index (Phi) is 4.49. The monoisotopic (exact) mass is 302 g/mol. The van der Waals surface area contributed by atoms with Crippen molar-refractivity contribution in [3.8, 4) is 0 Å². The summed E-state index contributed by atoms with van der Waals surface area (Å²) in [6.45, 7) is 7.37. The third-order valence-electron chi connectivity index (χ3n) is 3.82. The Labute approximate surface area is 123 Å². The van der Waals surface area contributed by atoms with E-state index in [-0.39, 0.29) is 11.4 Å². The number of thioether (sulfide) groups is 1. The number of nitrogens with zero attached hydrogens (tertiary/aromatic N) is 2. The van der Waals surface area contributed by atoms with Gasteiger partial charge in [-0.05, 0) is 20.3 Å². The Morgan fingerprint density at radius 3 is 2.70 bits per heavy atom. The predicted octanol–water partition coefficient (Wildman–Crippen LogP) is 1.46. The lowest BCUT2D eigenvalue weighted by Crippen LogP contribution is -2.61. The van der Waals surface area contributed by atoms with Gasteiger partial charge in [-0.2, -0.15) is 0 Å². The largest absolute Gasteiger partial charge is 0.480 e. The van der Waals surface area contributed by atoms with Crippen LogP contribution < -0.4 is 0 Å². The zero-order chi connectivity index (χ0) is 14.9. The molecule has 2 aliphatic rings. The molecule has 2 heterocycles. The Balaban J connectivity index is 2.22. The molecule has 2 fully saturated rings. The molecular weight excluding hydrogens is 280 g/mol. The highest BCUT2D eigenvalue weighted by molar-refractivity contribution is 8.00. The van der Waals surface area contributed by atoms with Crippen LogP contribution >= 0.6 is 11.8 Å². The van der Waals surface area contributed by atoms with E-state index in [9.17, 15) is 14.7 Å². The standard InChI is InChI=1S/C13H22N2O4S/c1-4-10-15(9(7-20-10)11(16)17)12(18)14-5-6-19-8-13(14,2)3/h9-10H,4-8H2,1-3H3,(H,16,17). The van der Waals surface area contributed by atoms with Gasteiger partial charge >= 0.3 is 12.0 Å². The summed E-state index contributed by atoms with van der Waals surface area (Å²) in [6, 6.07) is -0.904. The first-order chi connectivity index (χ1) is 9.38. The summed E-state index contributed by atoms with van der Waals surface area (Å²) in [4.78, 5) is 27.5. The van der Waals surface area contributed by atoms with Gasteiger partial charge in [0.05, 0.1) is 24.1 Å². The number of hydrogen-bond acceptors (Lipinski definition) is 4. The van der Waals surface area contributed by atoms with Gasteiger partial charge in [-0.3, -0.25) is 4.90 Å². The van der Waals surface area contributed by atoms with Crippen LogP contribution in [0.3, 0.4) is 0 Å². The second-order valence-electron chi connectivity index (χ2n) is 5.76. The number of morpholine rings is 1. The van der Waals surface area contributed by atoms with E-state index < -0.39 is 17.6 Å². The molecule has 2 amide bonds. The number of amides is 2. The predicted molar refractivity (Wildman–Crippen MR) is 76.8 cm³/mol. The van der Waals surface area contributed by atoms with Crippen LogP contribution in [0.25, 0.3) is 0 Å². The van der Waals surface area contributed by atoms with E-state index in [0.29, 0.717) is 25.5 Å². The van der Waals surface area contributed by atoms with E-state index in [0.717, 1.165) is 6.42 Å². The molecule has 0 bridgehead atoms. The molecule has 6 nitrogen and oxygen atoms in total. The molecule has 0 spiro atoms. The zero-order valence-corrected chi connectivity index (χ0v) is 13.0. The second kappa shape index (κ2) is 5.81. The van der Waals surface area contributed by atoms with Crippen molar-refractivity contribution in [2.24, 2.45) is 0 Å². The summed E-state index contributed by atoms with van der Waals surface area (Å²) in [5.41, 5.74) is -0.399. The molecule has 20 heavy (non-hydrogen) atoms. The minimum absolute atomic E-state index is 0.0535. The van der Waals surface area contributed by atoms with Gasteiger partial charge in [-0.25, -0.2) is 9.59 Å². The van der Waals surface area contributed by atoms with Crippen LogP contribution in [0.1, 0.15) is 27.2 Å². The minimum Gasteiger partial charge on any atom is -0.480 e. The summed E-state index contributed by atoms with van der Waals surface area (Å²) in [5.74, 6) is -0.461. The zero-order valence-electron chi connectivity index (χ0n) is 12.2. The molecule has 2 aliphatic heterocycles. The number of carbonyl (C=O) groups is 2. The number of carboxylic acids is 1. The maximum Gasteiger partial charge on any atom is 0.327 e. The van der Waals surface area contributed by atoms with Crippen molar-refractivity contribution in [2.45, 2.75) is 44.1 Å². The highest BCUT2D eigenvalue weighted by Gasteiger charge is 2.45. The number of urea groups is 1. The Hall–Kier alpha value is -0.950. The fourth-order valence-electron chi connectivity index (χ4n) is 2.68. The van der Waals surface area contributed by atoms with Gasteiger partial charge in [0.15, 0.2) is 0 Å². The quantitative estimate of drug-likeness (QED) is 0.836. The van der Waals surface area contributed by atoms with Crippen molar-refractivity contribution in [3.63, 3.8) is 0 Å². The van der Waals surface area contributed by atoms with Gasteiger partial charge in [0.2, 0.25) is 0 Å². The smallest absolute Gasteiger partial charge is 0.327 e. The van der Waals surface area contributed by atoms with Crippen molar-refractivity contribution in [3.05, 3.63) is 0 Å². The third kappa shape index (κ3) is 2.74. The lowest BCUT2D eigenvalue weighted by atomic mass is 10.0. The maximum absolute atomic E-state index is 12.8. The molecule has 2 saturated heterocycles. The van der Waals surface area contributed by atoms with Gasteiger partial charge in [0.25, 0.3) is 0 Å². The van der Waals surface area contributed by atoms with Crippen LogP contribution in [-0.2, 0) is 9.53 Å². The van der Waals surface area contributed by atoms with E-state index in [1.807, 2.05) is 20.8 Å². The minimum atomic E-state index is -0.923. The van der Waals surface area contributed by atoms with Gasteiger partial charge < -0.3 is 14.7 Å². The maximum atomic E-state index is 12.8. The van der Waals surface area contributed by atoms with Crippen LogP contribution in [0.4, 0.5) is 4.79 Å².